The molecule has 0 atom stereocenters. The number of oxazole rings is 1. The zero-order chi connectivity index (χ0) is 39.1. The third-order valence-electron chi connectivity index (χ3n) is 11.1. The molecule has 0 amide bonds. The normalized spacial score (nSPS) is 11.4. The smallest absolute Gasteiger partial charge is 0.227 e. The lowest BCUT2D eigenvalue weighted by Crippen LogP contribution is -2.09. The Morgan fingerprint density at radius 1 is 0.339 bits per heavy atom. The van der Waals surface area contributed by atoms with Gasteiger partial charge in [0, 0.05) is 39.0 Å². The fourth-order valence-corrected chi connectivity index (χ4v) is 8.21. The van der Waals surface area contributed by atoms with E-state index in [1.165, 1.54) is 27.8 Å². The van der Waals surface area contributed by atoms with Crippen molar-refractivity contribution in [2.24, 2.45) is 0 Å². The number of fused-ring (bicyclic) bond motifs is 4. The number of benzene rings is 9. The van der Waals surface area contributed by atoms with Gasteiger partial charge in [0.2, 0.25) is 5.89 Å². The van der Waals surface area contributed by atoms with Crippen LogP contribution >= 0.6 is 0 Å². The van der Waals surface area contributed by atoms with Gasteiger partial charge in [-0.25, -0.2) is 4.98 Å². The third-order valence-corrected chi connectivity index (χ3v) is 11.1. The molecule has 4 nitrogen and oxygen atoms in total. The summed E-state index contributed by atoms with van der Waals surface area (Å²) in [6.45, 7) is 0. The fourth-order valence-electron chi connectivity index (χ4n) is 8.21. The van der Waals surface area contributed by atoms with Gasteiger partial charge < -0.3 is 13.7 Å². The van der Waals surface area contributed by atoms with Crippen molar-refractivity contribution in [2.75, 3.05) is 4.90 Å². The molecule has 0 N–H and O–H groups in total. The number of nitrogens with zero attached hydrogens (tertiary/aromatic N) is 2. The second kappa shape index (κ2) is 14.5. The Labute approximate surface area is 341 Å². The van der Waals surface area contributed by atoms with Crippen molar-refractivity contribution in [3.63, 3.8) is 0 Å². The Bertz CT molecular complexity index is 3220. The van der Waals surface area contributed by atoms with E-state index in [0.29, 0.717) is 5.89 Å². The molecule has 9 aromatic carbocycles. The van der Waals surface area contributed by atoms with E-state index < -0.39 is 0 Å². The van der Waals surface area contributed by atoms with Crippen LogP contribution in [0.1, 0.15) is 0 Å². The van der Waals surface area contributed by atoms with Gasteiger partial charge >= 0.3 is 0 Å². The molecule has 0 fully saturated rings. The van der Waals surface area contributed by atoms with Crippen molar-refractivity contribution < 1.29 is 8.83 Å². The summed E-state index contributed by atoms with van der Waals surface area (Å²) in [4.78, 5) is 7.19. The molecule has 278 valence electrons. The minimum Gasteiger partial charge on any atom is -0.456 e. The molecule has 0 saturated carbocycles. The van der Waals surface area contributed by atoms with Crippen LogP contribution in [0.5, 0.6) is 0 Å². The average Bonchev–Trinajstić information content (AvgIpc) is 3.93. The summed E-state index contributed by atoms with van der Waals surface area (Å²) < 4.78 is 13.1. The molecule has 59 heavy (non-hydrogen) atoms. The van der Waals surface area contributed by atoms with Gasteiger partial charge in [0.1, 0.15) is 16.7 Å². The van der Waals surface area contributed by atoms with Crippen LogP contribution in [-0.4, -0.2) is 4.98 Å². The van der Waals surface area contributed by atoms with Crippen molar-refractivity contribution in [2.45, 2.75) is 0 Å². The third kappa shape index (κ3) is 6.34. The summed E-state index contributed by atoms with van der Waals surface area (Å²) in [6.07, 6.45) is 0. The summed E-state index contributed by atoms with van der Waals surface area (Å²) >= 11 is 0. The quantitative estimate of drug-likeness (QED) is 0.155. The van der Waals surface area contributed by atoms with Crippen LogP contribution in [0, 0.1) is 0 Å². The second-order valence-corrected chi connectivity index (χ2v) is 14.7. The van der Waals surface area contributed by atoms with E-state index in [9.17, 15) is 0 Å². The lowest BCUT2D eigenvalue weighted by molar-refractivity contribution is 0.621. The van der Waals surface area contributed by atoms with Crippen LogP contribution in [0.4, 0.5) is 17.1 Å². The molecule has 0 bridgehead atoms. The standard InChI is InChI=1S/C55H36N2O2/c1-4-12-37(13-5-1)39-22-24-40(25-23-39)42-28-32-45(33-29-42)57(44-30-26-41(27-31-44)38-14-6-2-7-15-38)46-34-35-51-49(36-46)53-47(18-11-21-52(53)58-51)48-19-10-20-50-54(48)59-55(56-50)43-16-8-3-9-17-43/h1-36H. The molecular weight excluding hydrogens is 721 g/mol. The number of para-hydroxylation sites is 1. The maximum Gasteiger partial charge on any atom is 0.227 e. The van der Waals surface area contributed by atoms with Gasteiger partial charge in [0.15, 0.2) is 5.58 Å². The molecule has 0 radical (unpaired) electrons. The van der Waals surface area contributed by atoms with Gasteiger partial charge in [0.05, 0.1) is 0 Å². The van der Waals surface area contributed by atoms with E-state index in [-0.39, 0.29) is 0 Å². The van der Waals surface area contributed by atoms with Gasteiger partial charge in [-0.2, -0.15) is 0 Å². The molecule has 2 heterocycles. The lowest BCUT2D eigenvalue weighted by atomic mass is 9.98. The topological polar surface area (TPSA) is 42.4 Å². The number of furan rings is 1. The second-order valence-electron chi connectivity index (χ2n) is 14.7. The maximum absolute atomic E-state index is 6.55. The summed E-state index contributed by atoms with van der Waals surface area (Å²) in [6, 6.07) is 76.4. The molecule has 0 saturated heterocycles. The first-order valence-corrected chi connectivity index (χ1v) is 19.9. The Kier molecular flexibility index (Phi) is 8.45. The largest absolute Gasteiger partial charge is 0.456 e. The SMILES string of the molecule is c1ccc(-c2ccc(-c3ccc(N(c4ccc(-c5ccccc5)cc4)c4ccc5oc6cccc(-c7cccc8nc(-c9ccccc9)oc78)c6c5c4)cc3)cc2)cc1. The van der Waals surface area contributed by atoms with Gasteiger partial charge in [-0.15, -0.1) is 0 Å². The number of hydrogen-bond donors (Lipinski definition) is 0. The van der Waals surface area contributed by atoms with E-state index >= 15 is 0 Å². The molecule has 0 spiro atoms. The highest BCUT2D eigenvalue weighted by molar-refractivity contribution is 6.15. The fraction of sp³-hybridized carbons (Fsp3) is 0. The van der Waals surface area contributed by atoms with Crippen LogP contribution in [0.2, 0.25) is 0 Å². The summed E-state index contributed by atoms with van der Waals surface area (Å²) in [5.41, 5.74) is 16.4. The summed E-state index contributed by atoms with van der Waals surface area (Å²) in [7, 11) is 0. The van der Waals surface area contributed by atoms with Gasteiger partial charge in [0.25, 0.3) is 0 Å². The van der Waals surface area contributed by atoms with E-state index in [1.54, 1.807) is 0 Å². The van der Waals surface area contributed by atoms with Crippen LogP contribution in [0.15, 0.2) is 227 Å². The van der Waals surface area contributed by atoms with Crippen molar-refractivity contribution in [3.8, 4) is 56.0 Å². The number of rotatable bonds is 8. The molecule has 0 aliphatic heterocycles. The Morgan fingerprint density at radius 3 is 1.39 bits per heavy atom. The highest BCUT2D eigenvalue weighted by atomic mass is 16.3. The molecular formula is C55H36N2O2. The average molecular weight is 757 g/mol. The lowest BCUT2D eigenvalue weighted by Gasteiger charge is -2.26. The van der Waals surface area contributed by atoms with Crippen LogP contribution < -0.4 is 4.90 Å². The monoisotopic (exact) mass is 756 g/mol. The predicted octanol–water partition coefficient (Wildman–Crippen LogP) is 15.5. The van der Waals surface area contributed by atoms with Crippen molar-refractivity contribution in [3.05, 3.63) is 218 Å². The van der Waals surface area contributed by atoms with Crippen LogP contribution in [0.25, 0.3) is 89.0 Å². The molecule has 0 unspecified atom stereocenters. The van der Waals surface area contributed by atoms with E-state index in [0.717, 1.165) is 72.4 Å². The highest BCUT2D eigenvalue weighted by Crippen LogP contribution is 2.44. The Hall–Kier alpha value is -7.95. The zero-order valence-corrected chi connectivity index (χ0v) is 32.0. The molecule has 0 aliphatic rings. The van der Waals surface area contributed by atoms with Crippen LogP contribution in [-0.2, 0) is 0 Å². The molecule has 4 heteroatoms. The Balaban J connectivity index is 1.02. The van der Waals surface area contributed by atoms with Crippen molar-refractivity contribution >= 4 is 50.1 Å². The van der Waals surface area contributed by atoms with E-state index in [1.807, 2.05) is 54.6 Å². The van der Waals surface area contributed by atoms with Crippen molar-refractivity contribution in [1.82, 2.24) is 4.98 Å². The first-order valence-electron chi connectivity index (χ1n) is 19.9. The van der Waals surface area contributed by atoms with Gasteiger partial charge in [-0.05, 0) is 106 Å². The molecule has 0 aliphatic carbocycles. The Morgan fingerprint density at radius 2 is 0.814 bits per heavy atom. The van der Waals surface area contributed by atoms with Gasteiger partial charge in [-0.1, -0.05) is 152 Å². The first-order chi connectivity index (χ1) is 29.2. The zero-order valence-electron chi connectivity index (χ0n) is 32.0. The van der Waals surface area contributed by atoms with E-state index in [2.05, 4.69) is 169 Å². The minimum absolute atomic E-state index is 0.601. The molecule has 2 aromatic heterocycles. The number of anilines is 3. The molecule has 11 rings (SSSR count). The van der Waals surface area contributed by atoms with Gasteiger partial charge in [-0.3, -0.25) is 0 Å². The predicted molar refractivity (Wildman–Crippen MR) is 243 cm³/mol. The first kappa shape index (κ1) is 34.3. The maximum atomic E-state index is 6.55. The summed E-state index contributed by atoms with van der Waals surface area (Å²) in [5.74, 6) is 0.601. The number of aromatic nitrogens is 1. The molecule has 11 aromatic rings. The van der Waals surface area contributed by atoms with Crippen LogP contribution in [0.3, 0.4) is 0 Å². The number of hydrogen-bond acceptors (Lipinski definition) is 4. The highest BCUT2D eigenvalue weighted by Gasteiger charge is 2.20. The van der Waals surface area contributed by atoms with E-state index in [4.69, 9.17) is 13.8 Å². The van der Waals surface area contributed by atoms with Crippen molar-refractivity contribution in [1.29, 1.82) is 0 Å². The summed E-state index contributed by atoms with van der Waals surface area (Å²) in [5, 5.41) is 2.05. The minimum atomic E-state index is 0.601.